The van der Waals surface area contributed by atoms with Gasteiger partial charge >= 0.3 is 0 Å². The van der Waals surface area contributed by atoms with Crippen LogP contribution in [-0.4, -0.2) is 26.8 Å². The molecule has 0 saturated carbocycles. The number of hydrogen-bond donors (Lipinski definition) is 2. The van der Waals surface area contributed by atoms with Gasteiger partial charge in [0.25, 0.3) is 0 Å². The van der Waals surface area contributed by atoms with Gasteiger partial charge in [-0.3, -0.25) is 9.78 Å². The van der Waals surface area contributed by atoms with Crippen molar-refractivity contribution in [1.82, 2.24) is 15.2 Å². The Morgan fingerprint density at radius 2 is 2.08 bits per heavy atom. The van der Waals surface area contributed by atoms with Gasteiger partial charge in [-0.25, -0.2) is 0 Å². The Morgan fingerprint density at radius 3 is 2.88 bits per heavy atom. The van der Waals surface area contributed by atoms with Crippen LogP contribution in [0.25, 0.3) is 0 Å². The van der Waals surface area contributed by atoms with E-state index in [1.807, 2.05) is 12.1 Å². The molecule has 0 aliphatic rings. The van der Waals surface area contributed by atoms with Gasteiger partial charge in [-0.05, 0) is 43.2 Å². The first kappa shape index (κ1) is 17.4. The maximum Gasteiger partial charge on any atom is 0.234 e. The molecule has 2 heterocycles. The van der Waals surface area contributed by atoms with Gasteiger partial charge in [0.05, 0.1) is 17.6 Å². The Kier molecular flexibility index (Phi) is 5.62. The van der Waals surface area contributed by atoms with Crippen LogP contribution in [0.4, 0.5) is 16.5 Å². The van der Waals surface area contributed by atoms with Gasteiger partial charge < -0.3 is 10.6 Å². The number of thioether (sulfide) groups is 1. The fourth-order valence-corrected chi connectivity index (χ4v) is 3.65. The van der Waals surface area contributed by atoms with Crippen molar-refractivity contribution in [3.05, 3.63) is 53.9 Å². The minimum Gasteiger partial charge on any atom is -0.330 e. The van der Waals surface area contributed by atoms with Crippen LogP contribution in [0.2, 0.25) is 0 Å². The fourth-order valence-electron chi connectivity index (χ4n) is 2.08. The van der Waals surface area contributed by atoms with Gasteiger partial charge in [-0.2, -0.15) is 0 Å². The van der Waals surface area contributed by atoms with E-state index in [2.05, 4.69) is 45.7 Å². The van der Waals surface area contributed by atoms with Crippen molar-refractivity contribution >= 4 is 45.5 Å². The topological polar surface area (TPSA) is 79.8 Å². The summed E-state index contributed by atoms with van der Waals surface area (Å²) in [5, 5.41) is 15.0. The summed E-state index contributed by atoms with van der Waals surface area (Å²) in [6, 6.07) is 9.66. The van der Waals surface area contributed by atoms with Crippen molar-refractivity contribution in [2.24, 2.45) is 0 Å². The molecule has 6 nitrogen and oxygen atoms in total. The van der Waals surface area contributed by atoms with Crippen LogP contribution in [0.1, 0.15) is 11.1 Å². The summed E-state index contributed by atoms with van der Waals surface area (Å²) in [7, 11) is 0. The second-order valence-corrected chi connectivity index (χ2v) is 7.52. The van der Waals surface area contributed by atoms with E-state index in [1.54, 1.807) is 24.5 Å². The number of aryl methyl sites for hydroxylation is 1. The maximum absolute atomic E-state index is 11.9. The monoisotopic (exact) mass is 371 g/mol. The molecule has 3 aromatic rings. The number of carbonyl (C=O) groups excluding carboxylic acids is 1. The number of anilines is 3. The van der Waals surface area contributed by atoms with E-state index >= 15 is 0 Å². The quantitative estimate of drug-likeness (QED) is 0.637. The van der Waals surface area contributed by atoms with E-state index < -0.39 is 0 Å². The molecule has 0 fully saturated rings. The molecule has 0 saturated heterocycles. The molecular formula is C17H17N5OS2. The molecule has 0 unspecified atom stereocenters. The first-order valence-electron chi connectivity index (χ1n) is 7.61. The number of nitrogens with zero attached hydrogens (tertiary/aromatic N) is 3. The van der Waals surface area contributed by atoms with E-state index in [9.17, 15) is 4.79 Å². The molecule has 0 atom stereocenters. The number of carbonyl (C=O) groups is 1. The van der Waals surface area contributed by atoms with Gasteiger partial charge in [-0.1, -0.05) is 35.2 Å². The molecule has 8 heteroatoms. The minimum atomic E-state index is -0.0998. The van der Waals surface area contributed by atoms with E-state index in [1.165, 1.54) is 34.2 Å². The number of nitrogens with one attached hydrogen (secondary N) is 2. The Morgan fingerprint density at radius 1 is 1.20 bits per heavy atom. The van der Waals surface area contributed by atoms with Crippen LogP contribution in [0.15, 0.2) is 47.1 Å². The number of rotatable bonds is 6. The Labute approximate surface area is 154 Å². The van der Waals surface area contributed by atoms with Gasteiger partial charge in [0.1, 0.15) is 0 Å². The van der Waals surface area contributed by atoms with Crippen molar-refractivity contribution in [3.8, 4) is 0 Å². The SMILES string of the molecule is Cc1cccc(Nc2nnc(SCC(=O)Nc3cccnc3)s2)c1C. The third-order valence-corrected chi connectivity index (χ3v) is 5.50. The lowest BCUT2D eigenvalue weighted by Crippen LogP contribution is -2.13. The molecule has 2 N–H and O–H groups in total. The average molecular weight is 371 g/mol. The summed E-state index contributed by atoms with van der Waals surface area (Å²) in [5.41, 5.74) is 4.10. The molecule has 128 valence electrons. The first-order chi connectivity index (χ1) is 12.1. The lowest BCUT2D eigenvalue weighted by Gasteiger charge is -2.08. The normalized spacial score (nSPS) is 10.5. The third kappa shape index (κ3) is 4.77. The summed E-state index contributed by atoms with van der Waals surface area (Å²) < 4.78 is 0.745. The molecule has 2 aromatic heterocycles. The second-order valence-electron chi connectivity index (χ2n) is 5.32. The Hall–Kier alpha value is -2.45. The maximum atomic E-state index is 11.9. The highest BCUT2D eigenvalue weighted by molar-refractivity contribution is 8.01. The molecule has 0 bridgehead atoms. The summed E-state index contributed by atoms with van der Waals surface area (Å²) in [6.45, 7) is 4.14. The van der Waals surface area contributed by atoms with E-state index in [0.717, 1.165) is 10.0 Å². The summed E-state index contributed by atoms with van der Waals surface area (Å²) in [5.74, 6) is 0.171. The highest BCUT2D eigenvalue weighted by atomic mass is 32.2. The number of benzene rings is 1. The molecule has 1 amide bonds. The van der Waals surface area contributed by atoms with Crippen molar-refractivity contribution in [1.29, 1.82) is 0 Å². The summed E-state index contributed by atoms with van der Waals surface area (Å²) in [6.07, 6.45) is 3.27. The van der Waals surface area contributed by atoms with E-state index in [0.29, 0.717) is 10.8 Å². The van der Waals surface area contributed by atoms with E-state index in [-0.39, 0.29) is 11.7 Å². The van der Waals surface area contributed by atoms with Gasteiger partial charge in [0, 0.05) is 11.9 Å². The summed E-state index contributed by atoms with van der Waals surface area (Å²) in [4.78, 5) is 15.9. The zero-order chi connectivity index (χ0) is 17.6. The van der Waals surface area contributed by atoms with Crippen LogP contribution in [0, 0.1) is 13.8 Å². The van der Waals surface area contributed by atoms with Gasteiger partial charge in [-0.15, -0.1) is 10.2 Å². The van der Waals surface area contributed by atoms with Gasteiger partial charge in [0.2, 0.25) is 11.0 Å². The number of pyridine rings is 1. The van der Waals surface area contributed by atoms with Crippen molar-refractivity contribution in [2.45, 2.75) is 18.2 Å². The molecule has 25 heavy (non-hydrogen) atoms. The van der Waals surface area contributed by atoms with Crippen molar-refractivity contribution in [3.63, 3.8) is 0 Å². The predicted molar refractivity (Wildman–Crippen MR) is 103 cm³/mol. The zero-order valence-electron chi connectivity index (χ0n) is 13.8. The summed E-state index contributed by atoms with van der Waals surface area (Å²) >= 11 is 2.79. The molecule has 0 radical (unpaired) electrons. The van der Waals surface area contributed by atoms with Crippen LogP contribution >= 0.6 is 23.1 Å². The van der Waals surface area contributed by atoms with E-state index in [4.69, 9.17) is 0 Å². The Bertz CT molecular complexity index is 866. The number of hydrogen-bond acceptors (Lipinski definition) is 7. The largest absolute Gasteiger partial charge is 0.330 e. The molecule has 1 aromatic carbocycles. The molecular weight excluding hydrogens is 354 g/mol. The van der Waals surface area contributed by atoms with Crippen LogP contribution in [0.3, 0.4) is 0 Å². The van der Waals surface area contributed by atoms with Crippen LogP contribution < -0.4 is 10.6 Å². The number of aromatic nitrogens is 3. The Balaban J connectivity index is 1.55. The minimum absolute atomic E-state index is 0.0998. The third-order valence-electron chi connectivity index (χ3n) is 3.52. The first-order valence-corrected chi connectivity index (χ1v) is 9.41. The zero-order valence-corrected chi connectivity index (χ0v) is 15.4. The lowest BCUT2D eigenvalue weighted by atomic mass is 10.1. The van der Waals surface area contributed by atoms with Gasteiger partial charge in [0.15, 0.2) is 4.34 Å². The average Bonchev–Trinajstić information content (AvgIpc) is 3.06. The van der Waals surface area contributed by atoms with Crippen molar-refractivity contribution < 1.29 is 4.79 Å². The lowest BCUT2D eigenvalue weighted by molar-refractivity contribution is -0.113. The molecule has 3 rings (SSSR count). The second kappa shape index (κ2) is 8.09. The standard InChI is InChI=1S/C17H17N5OS2/c1-11-5-3-7-14(12(11)2)20-16-21-22-17(25-16)24-10-15(23)19-13-6-4-8-18-9-13/h3-9H,10H2,1-2H3,(H,19,23)(H,20,21). The number of amides is 1. The van der Waals surface area contributed by atoms with Crippen LogP contribution in [0.5, 0.6) is 0 Å². The van der Waals surface area contributed by atoms with Crippen LogP contribution in [-0.2, 0) is 4.79 Å². The highest BCUT2D eigenvalue weighted by Gasteiger charge is 2.10. The van der Waals surface area contributed by atoms with Crippen molar-refractivity contribution in [2.75, 3.05) is 16.4 Å². The molecule has 0 aliphatic heterocycles. The molecule has 0 aliphatic carbocycles. The highest BCUT2D eigenvalue weighted by Crippen LogP contribution is 2.29. The fraction of sp³-hybridized carbons (Fsp3) is 0.176. The smallest absolute Gasteiger partial charge is 0.234 e. The molecule has 0 spiro atoms. The predicted octanol–water partition coefficient (Wildman–Crippen LogP) is 4.02.